The number of nitrogens with one attached hydrogen (secondary N) is 4. The molecule has 35 heavy (non-hydrogen) atoms. The fourth-order valence-electron chi connectivity index (χ4n) is 4.04. The third-order valence-corrected chi connectivity index (χ3v) is 6.38. The molecular formula is C25H23Cl2N7O. The maximum Gasteiger partial charge on any atom is 0.257 e. The number of aromatic amines is 2. The van der Waals surface area contributed by atoms with Gasteiger partial charge in [-0.15, -0.1) is 0 Å². The van der Waals surface area contributed by atoms with Crippen LogP contribution in [0.3, 0.4) is 0 Å². The van der Waals surface area contributed by atoms with Crippen LogP contribution in [-0.4, -0.2) is 39.2 Å². The summed E-state index contributed by atoms with van der Waals surface area (Å²) in [7, 11) is 0. The number of anilines is 4. The van der Waals surface area contributed by atoms with E-state index in [1.807, 2.05) is 30.3 Å². The smallest absolute Gasteiger partial charge is 0.257 e. The third-order valence-electron chi connectivity index (χ3n) is 5.83. The molecule has 4 N–H and O–H groups in total. The minimum absolute atomic E-state index is 0.211. The third kappa shape index (κ3) is 4.62. The van der Waals surface area contributed by atoms with Crippen molar-refractivity contribution in [3.05, 3.63) is 70.3 Å². The fourth-order valence-corrected chi connectivity index (χ4v) is 4.50. The number of aromatic nitrogens is 4. The first-order valence-corrected chi connectivity index (χ1v) is 12.0. The molecular weight excluding hydrogens is 485 g/mol. The molecule has 5 rings (SSSR count). The van der Waals surface area contributed by atoms with Crippen LogP contribution in [0.15, 0.2) is 54.7 Å². The summed E-state index contributed by atoms with van der Waals surface area (Å²) in [6, 6.07) is 14.6. The van der Waals surface area contributed by atoms with Gasteiger partial charge in [0.25, 0.3) is 5.91 Å². The van der Waals surface area contributed by atoms with E-state index < -0.39 is 0 Å². The molecule has 0 aliphatic carbocycles. The van der Waals surface area contributed by atoms with Crippen molar-refractivity contribution in [1.82, 2.24) is 20.2 Å². The molecule has 0 saturated carbocycles. The van der Waals surface area contributed by atoms with Gasteiger partial charge in [0.1, 0.15) is 0 Å². The van der Waals surface area contributed by atoms with Crippen LogP contribution in [0.4, 0.5) is 23.0 Å². The molecule has 0 bridgehead atoms. The number of imidazole rings is 1. The van der Waals surface area contributed by atoms with E-state index in [4.69, 9.17) is 23.2 Å². The van der Waals surface area contributed by atoms with Crippen molar-refractivity contribution in [3.8, 4) is 0 Å². The van der Waals surface area contributed by atoms with Crippen LogP contribution in [0.1, 0.15) is 24.2 Å². The first-order valence-electron chi connectivity index (χ1n) is 11.2. The number of rotatable bonds is 7. The van der Waals surface area contributed by atoms with Crippen LogP contribution in [0.2, 0.25) is 10.0 Å². The summed E-state index contributed by atoms with van der Waals surface area (Å²) in [4.78, 5) is 23.5. The average molecular weight is 508 g/mol. The number of carbonyl (C=O) groups excluding carboxylic acids is 1. The molecule has 178 valence electrons. The van der Waals surface area contributed by atoms with Gasteiger partial charge in [0.05, 0.1) is 44.7 Å². The predicted octanol–water partition coefficient (Wildman–Crippen LogP) is 6.59. The quantitative estimate of drug-likeness (QED) is 0.199. The van der Waals surface area contributed by atoms with Crippen molar-refractivity contribution in [2.45, 2.75) is 13.8 Å². The number of halogens is 2. The van der Waals surface area contributed by atoms with Crippen LogP contribution >= 0.6 is 23.2 Å². The monoisotopic (exact) mass is 507 g/mol. The second-order valence-electron chi connectivity index (χ2n) is 8.02. The summed E-state index contributed by atoms with van der Waals surface area (Å²) in [6.45, 7) is 5.61. The molecule has 8 nitrogen and oxygen atoms in total. The van der Waals surface area contributed by atoms with Crippen molar-refractivity contribution in [3.63, 3.8) is 0 Å². The number of hydrogen-bond acceptors (Lipinski definition) is 5. The second kappa shape index (κ2) is 9.48. The number of carbonyl (C=O) groups is 1. The van der Waals surface area contributed by atoms with Gasteiger partial charge in [-0.3, -0.25) is 9.89 Å². The molecule has 10 heteroatoms. The van der Waals surface area contributed by atoms with Crippen molar-refractivity contribution in [2.75, 3.05) is 28.6 Å². The standard InChI is InChI=1S/C25H23Cl2N7O/c1-3-34(4-2)23-12-22-21(31-25(32-22)30-19-8-6-15(26)9-18(19)27)11-17(23)24(35)29-16-7-5-14-13-28-33-20(14)10-16/h5-13H,3-4H2,1-2H3,(H,28,33)(H,29,35)(H2,30,31,32). The highest BCUT2D eigenvalue weighted by Crippen LogP contribution is 2.31. The van der Waals surface area contributed by atoms with Gasteiger partial charge in [0.2, 0.25) is 5.95 Å². The summed E-state index contributed by atoms with van der Waals surface area (Å²) < 4.78 is 0. The number of nitrogens with zero attached hydrogens (tertiary/aromatic N) is 3. The van der Waals surface area contributed by atoms with E-state index in [-0.39, 0.29) is 5.91 Å². The van der Waals surface area contributed by atoms with Crippen molar-refractivity contribution in [1.29, 1.82) is 0 Å². The zero-order valence-electron chi connectivity index (χ0n) is 19.1. The molecule has 0 aliphatic rings. The van der Waals surface area contributed by atoms with Crippen LogP contribution in [-0.2, 0) is 0 Å². The largest absolute Gasteiger partial charge is 0.371 e. The topological polar surface area (TPSA) is 102 Å². The lowest BCUT2D eigenvalue weighted by atomic mass is 10.1. The molecule has 0 fully saturated rings. The number of hydrogen-bond donors (Lipinski definition) is 4. The summed E-state index contributed by atoms with van der Waals surface area (Å²) in [5.41, 5.74) is 5.02. The van der Waals surface area contributed by atoms with E-state index in [0.29, 0.717) is 32.9 Å². The van der Waals surface area contributed by atoms with E-state index >= 15 is 0 Å². The molecule has 2 heterocycles. The van der Waals surface area contributed by atoms with Crippen LogP contribution in [0.25, 0.3) is 21.9 Å². The number of amides is 1. The Balaban J connectivity index is 1.51. The van der Waals surface area contributed by atoms with E-state index in [0.717, 1.165) is 40.7 Å². The van der Waals surface area contributed by atoms with Crippen LogP contribution in [0.5, 0.6) is 0 Å². The Morgan fingerprint density at radius 3 is 2.63 bits per heavy atom. The molecule has 5 aromatic rings. The number of H-pyrrole nitrogens is 2. The minimum Gasteiger partial charge on any atom is -0.371 e. The summed E-state index contributed by atoms with van der Waals surface area (Å²) in [5, 5.41) is 15.2. The first kappa shape index (κ1) is 23.0. The van der Waals surface area contributed by atoms with E-state index in [1.54, 1.807) is 24.4 Å². The van der Waals surface area contributed by atoms with Gasteiger partial charge in [-0.25, -0.2) is 4.98 Å². The Bertz CT molecular complexity index is 1540. The van der Waals surface area contributed by atoms with Crippen LogP contribution in [0, 0.1) is 0 Å². The molecule has 0 aliphatic heterocycles. The number of fused-ring (bicyclic) bond motifs is 2. The Labute approximate surface area is 211 Å². The molecule has 1 amide bonds. The van der Waals surface area contributed by atoms with Gasteiger partial charge in [0, 0.05) is 29.2 Å². The second-order valence-corrected chi connectivity index (χ2v) is 8.86. The molecule has 0 unspecified atom stereocenters. The van der Waals surface area contributed by atoms with Gasteiger partial charge in [-0.2, -0.15) is 5.10 Å². The molecule has 0 spiro atoms. The summed E-state index contributed by atoms with van der Waals surface area (Å²) in [6.07, 6.45) is 1.74. The Morgan fingerprint density at radius 2 is 1.86 bits per heavy atom. The van der Waals surface area contributed by atoms with Gasteiger partial charge in [-0.1, -0.05) is 23.2 Å². The van der Waals surface area contributed by atoms with Crippen LogP contribution < -0.4 is 15.5 Å². The van der Waals surface area contributed by atoms with Crippen molar-refractivity contribution >= 4 is 74.1 Å². The maximum atomic E-state index is 13.4. The molecule has 0 saturated heterocycles. The minimum atomic E-state index is -0.211. The molecule has 0 radical (unpaired) electrons. The van der Waals surface area contributed by atoms with E-state index in [2.05, 4.69) is 49.5 Å². The Hall–Kier alpha value is -3.75. The zero-order chi connectivity index (χ0) is 24.5. The summed E-state index contributed by atoms with van der Waals surface area (Å²) >= 11 is 12.3. The van der Waals surface area contributed by atoms with Crippen molar-refractivity contribution < 1.29 is 4.79 Å². The van der Waals surface area contributed by atoms with E-state index in [1.165, 1.54) is 0 Å². The van der Waals surface area contributed by atoms with Gasteiger partial charge in [0.15, 0.2) is 0 Å². The predicted molar refractivity (Wildman–Crippen MR) is 143 cm³/mol. The van der Waals surface area contributed by atoms with Crippen molar-refractivity contribution in [2.24, 2.45) is 0 Å². The lowest BCUT2D eigenvalue weighted by Gasteiger charge is -2.23. The fraction of sp³-hybridized carbons (Fsp3) is 0.160. The lowest BCUT2D eigenvalue weighted by molar-refractivity contribution is 0.102. The highest BCUT2D eigenvalue weighted by Gasteiger charge is 2.19. The first-order chi connectivity index (χ1) is 16.9. The van der Waals surface area contributed by atoms with Gasteiger partial charge >= 0.3 is 0 Å². The SMILES string of the molecule is CCN(CC)c1cc2nc(Nc3ccc(Cl)cc3Cl)[nH]c2cc1C(=O)Nc1ccc2cn[nH]c2c1. The normalized spacial score (nSPS) is 11.2. The molecule has 2 aromatic heterocycles. The van der Waals surface area contributed by atoms with E-state index in [9.17, 15) is 4.79 Å². The molecule has 0 atom stereocenters. The zero-order valence-corrected chi connectivity index (χ0v) is 20.6. The van der Waals surface area contributed by atoms with Gasteiger partial charge < -0.3 is 20.5 Å². The Morgan fingerprint density at radius 1 is 1.03 bits per heavy atom. The number of benzene rings is 3. The van der Waals surface area contributed by atoms with Gasteiger partial charge in [-0.05, 0) is 62.4 Å². The maximum absolute atomic E-state index is 13.4. The highest BCUT2D eigenvalue weighted by molar-refractivity contribution is 6.36. The molecule has 3 aromatic carbocycles. The summed E-state index contributed by atoms with van der Waals surface area (Å²) in [5.74, 6) is 0.300. The highest BCUT2D eigenvalue weighted by atomic mass is 35.5. The lowest BCUT2D eigenvalue weighted by Crippen LogP contribution is -2.25. The average Bonchev–Trinajstić information content (AvgIpc) is 3.46. The Kier molecular flexibility index (Phi) is 6.23.